The molecule has 3 nitrogen and oxygen atoms in total. The van der Waals surface area contributed by atoms with Crippen LogP contribution in [0.4, 0.5) is 0 Å². The van der Waals surface area contributed by atoms with Gasteiger partial charge < -0.3 is 10.1 Å². The first kappa shape index (κ1) is 22.5. The number of hydrogen-bond donors (Lipinski definition) is 1. The number of ether oxygens (including phenoxy) is 1. The van der Waals surface area contributed by atoms with E-state index in [4.69, 9.17) is 4.74 Å². The molecule has 0 heterocycles. The van der Waals surface area contributed by atoms with Gasteiger partial charge in [0.2, 0.25) is 0 Å². The van der Waals surface area contributed by atoms with Crippen molar-refractivity contribution in [3.63, 3.8) is 0 Å². The Bertz CT molecular complexity index is 1020. The molecule has 166 valence electrons. The van der Waals surface area contributed by atoms with Crippen LogP contribution in [0.25, 0.3) is 0 Å². The van der Waals surface area contributed by atoms with Crippen LogP contribution in [0.5, 0.6) is 0 Å². The molecule has 0 aliphatic rings. The largest absolute Gasteiger partial charge is 0.361 e. The molecule has 0 saturated heterocycles. The maximum absolute atomic E-state index is 12.2. The molecule has 0 bridgehead atoms. The predicted molar refractivity (Wildman–Crippen MR) is 133 cm³/mol. The van der Waals surface area contributed by atoms with E-state index >= 15 is 0 Å². The van der Waals surface area contributed by atoms with E-state index in [2.05, 4.69) is 78.1 Å². The van der Waals surface area contributed by atoms with Gasteiger partial charge in [-0.1, -0.05) is 109 Å². The number of unbranched alkanes of at least 4 members (excludes halogenated alkanes) is 1. The van der Waals surface area contributed by atoms with Crippen molar-refractivity contribution in [2.75, 3.05) is 13.2 Å². The summed E-state index contributed by atoms with van der Waals surface area (Å²) in [6, 6.07) is 40.5. The van der Waals surface area contributed by atoms with Crippen LogP contribution in [0.1, 0.15) is 39.9 Å². The second-order valence-corrected chi connectivity index (χ2v) is 7.96. The van der Waals surface area contributed by atoms with Crippen molar-refractivity contribution in [1.82, 2.24) is 5.32 Å². The fraction of sp³-hybridized carbons (Fsp3) is 0.167. The van der Waals surface area contributed by atoms with E-state index in [9.17, 15) is 4.79 Å². The van der Waals surface area contributed by atoms with Gasteiger partial charge in [-0.25, -0.2) is 0 Å². The number of hydrogen-bond acceptors (Lipinski definition) is 2. The zero-order valence-electron chi connectivity index (χ0n) is 18.7. The highest BCUT2D eigenvalue weighted by Crippen LogP contribution is 2.40. The van der Waals surface area contributed by atoms with Crippen LogP contribution in [0.15, 0.2) is 121 Å². The van der Waals surface area contributed by atoms with Crippen molar-refractivity contribution in [3.05, 3.63) is 144 Å². The van der Waals surface area contributed by atoms with Gasteiger partial charge in [-0.2, -0.15) is 0 Å². The second kappa shape index (κ2) is 11.3. The van der Waals surface area contributed by atoms with E-state index in [1.54, 1.807) is 0 Å². The van der Waals surface area contributed by atoms with Gasteiger partial charge in [0.05, 0.1) is 0 Å². The summed E-state index contributed by atoms with van der Waals surface area (Å²) in [6.45, 7) is 1.19. The van der Waals surface area contributed by atoms with E-state index in [1.165, 1.54) is 0 Å². The summed E-state index contributed by atoms with van der Waals surface area (Å²) in [5.41, 5.74) is 3.28. The summed E-state index contributed by atoms with van der Waals surface area (Å²) in [5.74, 6) is -0.0382. The zero-order valence-corrected chi connectivity index (χ0v) is 18.7. The highest BCUT2D eigenvalue weighted by molar-refractivity contribution is 5.94. The first-order chi connectivity index (χ1) is 16.3. The van der Waals surface area contributed by atoms with E-state index < -0.39 is 5.60 Å². The maximum atomic E-state index is 12.2. The standard InChI is InChI=1S/C30H29NO2/c32-29(25-15-5-1-6-16-25)31-23-13-14-24-33-30(26-17-7-2-8-18-26,27-19-9-3-10-20-27)28-21-11-4-12-22-28/h1-12,15-22H,13-14,23-24H2,(H,31,32). The third kappa shape index (κ3) is 5.39. The van der Waals surface area contributed by atoms with Crippen molar-refractivity contribution in [1.29, 1.82) is 0 Å². The smallest absolute Gasteiger partial charge is 0.251 e. The van der Waals surface area contributed by atoms with Crippen molar-refractivity contribution in [3.8, 4) is 0 Å². The van der Waals surface area contributed by atoms with Crippen molar-refractivity contribution in [2.24, 2.45) is 0 Å². The molecule has 0 spiro atoms. The van der Waals surface area contributed by atoms with Gasteiger partial charge in [-0.15, -0.1) is 0 Å². The molecule has 1 N–H and O–H groups in total. The molecule has 0 saturated carbocycles. The Hall–Kier alpha value is -3.69. The molecule has 4 rings (SSSR count). The van der Waals surface area contributed by atoms with Gasteiger partial charge in [0, 0.05) is 18.7 Å². The topological polar surface area (TPSA) is 38.3 Å². The number of nitrogens with one attached hydrogen (secondary N) is 1. The van der Waals surface area contributed by atoms with E-state index in [0.717, 1.165) is 29.5 Å². The van der Waals surface area contributed by atoms with Gasteiger partial charge in [-0.3, -0.25) is 4.79 Å². The van der Waals surface area contributed by atoms with Crippen LogP contribution in [-0.4, -0.2) is 19.1 Å². The molecule has 1 amide bonds. The summed E-state index contributed by atoms with van der Waals surface area (Å²) >= 11 is 0. The Labute approximate surface area is 196 Å². The van der Waals surface area contributed by atoms with E-state index in [0.29, 0.717) is 18.7 Å². The van der Waals surface area contributed by atoms with Gasteiger partial charge in [0.25, 0.3) is 5.91 Å². The van der Waals surface area contributed by atoms with Crippen molar-refractivity contribution >= 4 is 5.91 Å². The summed E-state index contributed by atoms with van der Waals surface area (Å²) in [6.07, 6.45) is 1.68. The summed E-state index contributed by atoms with van der Waals surface area (Å²) < 4.78 is 6.77. The Kier molecular flexibility index (Phi) is 7.68. The lowest BCUT2D eigenvalue weighted by Crippen LogP contribution is -2.33. The van der Waals surface area contributed by atoms with Gasteiger partial charge >= 0.3 is 0 Å². The van der Waals surface area contributed by atoms with Crippen molar-refractivity contribution < 1.29 is 9.53 Å². The highest BCUT2D eigenvalue weighted by Gasteiger charge is 2.37. The van der Waals surface area contributed by atoms with E-state index in [1.807, 2.05) is 48.5 Å². The zero-order chi connectivity index (χ0) is 22.8. The van der Waals surface area contributed by atoms with Gasteiger partial charge in [0.1, 0.15) is 5.60 Å². The molecular formula is C30H29NO2. The average Bonchev–Trinajstić information content (AvgIpc) is 2.90. The molecule has 4 aromatic rings. The fourth-order valence-electron chi connectivity index (χ4n) is 4.11. The Balaban J connectivity index is 1.48. The molecule has 0 aliphatic carbocycles. The quantitative estimate of drug-likeness (QED) is 0.238. The number of amides is 1. The number of rotatable bonds is 10. The third-order valence-corrected chi connectivity index (χ3v) is 5.75. The summed E-state index contributed by atoms with van der Waals surface area (Å²) in [5, 5.41) is 3.00. The van der Waals surface area contributed by atoms with Gasteiger partial charge in [-0.05, 0) is 41.7 Å². The molecular weight excluding hydrogens is 406 g/mol. The van der Waals surface area contributed by atoms with Crippen LogP contribution in [-0.2, 0) is 10.3 Å². The predicted octanol–water partition coefficient (Wildman–Crippen LogP) is 6.21. The van der Waals surface area contributed by atoms with Crippen molar-refractivity contribution in [2.45, 2.75) is 18.4 Å². The molecule has 0 aliphatic heterocycles. The summed E-state index contributed by atoms with van der Waals surface area (Å²) in [7, 11) is 0. The van der Waals surface area contributed by atoms with Crippen LogP contribution >= 0.6 is 0 Å². The van der Waals surface area contributed by atoms with Gasteiger partial charge in [0.15, 0.2) is 0 Å². The fourth-order valence-corrected chi connectivity index (χ4v) is 4.11. The molecule has 3 heteroatoms. The number of carbonyl (C=O) groups is 1. The molecule has 4 aromatic carbocycles. The lowest BCUT2D eigenvalue weighted by molar-refractivity contribution is 0.0109. The Morgan fingerprint density at radius 2 is 1.03 bits per heavy atom. The minimum Gasteiger partial charge on any atom is -0.361 e. The molecule has 0 fully saturated rings. The molecule has 0 radical (unpaired) electrons. The SMILES string of the molecule is O=C(NCCCCOC(c1ccccc1)(c1ccccc1)c1ccccc1)c1ccccc1. The molecule has 0 aromatic heterocycles. The van der Waals surface area contributed by atoms with Crippen LogP contribution in [0.2, 0.25) is 0 Å². The minimum absolute atomic E-state index is 0.0382. The second-order valence-electron chi connectivity index (χ2n) is 7.96. The molecule has 0 unspecified atom stereocenters. The molecule has 0 atom stereocenters. The first-order valence-corrected chi connectivity index (χ1v) is 11.4. The lowest BCUT2D eigenvalue weighted by atomic mass is 9.80. The average molecular weight is 436 g/mol. The number of benzene rings is 4. The normalized spacial score (nSPS) is 11.2. The minimum atomic E-state index is -0.697. The van der Waals surface area contributed by atoms with E-state index in [-0.39, 0.29) is 5.91 Å². The van der Waals surface area contributed by atoms with Crippen LogP contribution < -0.4 is 5.32 Å². The monoisotopic (exact) mass is 435 g/mol. The maximum Gasteiger partial charge on any atom is 0.251 e. The summed E-state index contributed by atoms with van der Waals surface area (Å²) in [4.78, 5) is 12.2. The lowest BCUT2D eigenvalue weighted by Gasteiger charge is -2.36. The Morgan fingerprint density at radius 3 is 1.48 bits per heavy atom. The van der Waals surface area contributed by atoms with Crippen LogP contribution in [0, 0.1) is 0 Å². The van der Waals surface area contributed by atoms with Crippen LogP contribution in [0.3, 0.4) is 0 Å². The number of carbonyl (C=O) groups excluding carboxylic acids is 1. The Morgan fingerprint density at radius 1 is 0.606 bits per heavy atom. The third-order valence-electron chi connectivity index (χ3n) is 5.75. The first-order valence-electron chi connectivity index (χ1n) is 11.4. The highest BCUT2D eigenvalue weighted by atomic mass is 16.5. The molecule has 33 heavy (non-hydrogen) atoms.